The van der Waals surface area contributed by atoms with E-state index in [0.29, 0.717) is 11.5 Å². The van der Waals surface area contributed by atoms with Gasteiger partial charge in [-0.2, -0.15) is 13.2 Å². The molecule has 0 aliphatic heterocycles. The minimum atomic E-state index is -4.53. The van der Waals surface area contributed by atoms with Gasteiger partial charge in [-0.1, -0.05) is 0 Å². The van der Waals surface area contributed by atoms with Crippen LogP contribution in [0.15, 0.2) is 16.5 Å². The summed E-state index contributed by atoms with van der Waals surface area (Å²) in [6.45, 7) is 1.44. The van der Waals surface area contributed by atoms with Crippen LogP contribution in [0, 0.1) is 6.92 Å². The first-order valence-electron chi connectivity index (χ1n) is 3.48. The number of furan rings is 1. The molecular formula is C7H8F3NO2. The van der Waals surface area contributed by atoms with Crippen molar-refractivity contribution in [3.05, 3.63) is 23.7 Å². The van der Waals surface area contributed by atoms with Gasteiger partial charge < -0.3 is 4.42 Å². The Bertz CT molecular complexity index is 269. The van der Waals surface area contributed by atoms with Gasteiger partial charge in [0.25, 0.3) is 0 Å². The van der Waals surface area contributed by atoms with Crippen molar-refractivity contribution >= 4 is 0 Å². The standard InChI is InChI=1S/C7H8F3NO2/c1-5-2-3-6(13-5)4-12-11-7(8,9)10/h2-3,11H,4H2,1H3. The highest BCUT2D eigenvalue weighted by Crippen LogP contribution is 2.11. The van der Waals surface area contributed by atoms with E-state index in [-0.39, 0.29) is 6.61 Å². The summed E-state index contributed by atoms with van der Waals surface area (Å²) in [5.41, 5.74) is 0.920. The first-order chi connectivity index (χ1) is 5.97. The summed E-state index contributed by atoms with van der Waals surface area (Å²) in [6, 6.07) is 3.19. The molecule has 13 heavy (non-hydrogen) atoms. The Balaban J connectivity index is 2.28. The van der Waals surface area contributed by atoms with Crippen LogP contribution in [0.3, 0.4) is 0 Å². The van der Waals surface area contributed by atoms with Crippen LogP contribution in [0.2, 0.25) is 0 Å². The number of hydroxylamine groups is 1. The third kappa shape index (κ3) is 3.95. The predicted molar refractivity (Wildman–Crippen MR) is 37.4 cm³/mol. The average molecular weight is 195 g/mol. The van der Waals surface area contributed by atoms with Crippen molar-refractivity contribution in [1.29, 1.82) is 0 Å². The van der Waals surface area contributed by atoms with E-state index in [4.69, 9.17) is 4.42 Å². The summed E-state index contributed by atoms with van der Waals surface area (Å²) in [4.78, 5) is 4.13. The fourth-order valence-electron chi connectivity index (χ4n) is 0.752. The molecule has 0 fully saturated rings. The first kappa shape index (κ1) is 10.1. The fourth-order valence-corrected chi connectivity index (χ4v) is 0.752. The van der Waals surface area contributed by atoms with Crippen LogP contribution in [-0.2, 0) is 11.4 Å². The van der Waals surface area contributed by atoms with E-state index in [0.717, 1.165) is 5.48 Å². The smallest absolute Gasteiger partial charge is 0.464 e. The highest BCUT2D eigenvalue weighted by atomic mass is 19.4. The number of hydrogen-bond donors (Lipinski definition) is 1. The molecule has 1 N–H and O–H groups in total. The molecule has 0 bridgehead atoms. The molecule has 0 saturated heterocycles. The van der Waals surface area contributed by atoms with Crippen LogP contribution in [0.4, 0.5) is 13.2 Å². The summed E-state index contributed by atoms with van der Waals surface area (Å²) in [6.07, 6.45) is -4.53. The predicted octanol–water partition coefficient (Wildman–Crippen LogP) is 2.13. The molecule has 1 rings (SSSR count). The van der Waals surface area contributed by atoms with Crippen LogP contribution in [-0.4, -0.2) is 6.30 Å². The topological polar surface area (TPSA) is 34.4 Å². The highest BCUT2D eigenvalue weighted by Gasteiger charge is 2.27. The zero-order valence-corrected chi connectivity index (χ0v) is 6.81. The number of alkyl halides is 3. The molecule has 0 aliphatic carbocycles. The molecule has 1 aromatic heterocycles. The van der Waals surface area contributed by atoms with Gasteiger partial charge in [0.05, 0.1) is 0 Å². The Labute approximate surface area is 72.4 Å². The average Bonchev–Trinajstić information content (AvgIpc) is 2.33. The van der Waals surface area contributed by atoms with Gasteiger partial charge in [-0.25, -0.2) is 0 Å². The minimum Gasteiger partial charge on any atom is -0.464 e. The zero-order valence-electron chi connectivity index (χ0n) is 6.81. The minimum absolute atomic E-state index is 0.257. The molecule has 0 aliphatic rings. The molecular weight excluding hydrogens is 187 g/mol. The molecule has 6 heteroatoms. The summed E-state index contributed by atoms with van der Waals surface area (Å²) in [7, 11) is 0. The van der Waals surface area contributed by atoms with E-state index in [1.165, 1.54) is 0 Å². The van der Waals surface area contributed by atoms with Crippen LogP contribution in [0.25, 0.3) is 0 Å². The lowest BCUT2D eigenvalue weighted by atomic mass is 10.4. The second kappa shape index (κ2) is 3.80. The summed E-state index contributed by atoms with van der Waals surface area (Å²) < 4.78 is 39.5. The fraction of sp³-hybridized carbons (Fsp3) is 0.429. The van der Waals surface area contributed by atoms with Crippen LogP contribution >= 0.6 is 0 Å². The largest absolute Gasteiger partial charge is 0.480 e. The van der Waals surface area contributed by atoms with Gasteiger partial charge in [-0.15, -0.1) is 5.48 Å². The number of rotatable bonds is 3. The van der Waals surface area contributed by atoms with E-state index in [2.05, 4.69) is 4.84 Å². The van der Waals surface area contributed by atoms with Crippen molar-refractivity contribution in [1.82, 2.24) is 5.48 Å². The molecule has 0 aromatic carbocycles. The van der Waals surface area contributed by atoms with Crippen LogP contribution < -0.4 is 5.48 Å². The van der Waals surface area contributed by atoms with Gasteiger partial charge in [0, 0.05) is 0 Å². The van der Waals surface area contributed by atoms with Gasteiger partial charge in [0.15, 0.2) is 0 Å². The Morgan fingerprint density at radius 3 is 2.62 bits per heavy atom. The molecule has 1 aromatic rings. The SMILES string of the molecule is Cc1ccc(CONC(F)(F)F)o1. The quantitative estimate of drug-likeness (QED) is 0.592. The normalized spacial score (nSPS) is 12.0. The maximum Gasteiger partial charge on any atom is 0.480 e. The van der Waals surface area contributed by atoms with E-state index < -0.39 is 6.30 Å². The molecule has 1 heterocycles. The van der Waals surface area contributed by atoms with Crippen molar-refractivity contribution in [3.63, 3.8) is 0 Å². The van der Waals surface area contributed by atoms with Crippen molar-refractivity contribution in [2.45, 2.75) is 19.8 Å². The van der Waals surface area contributed by atoms with E-state index in [1.54, 1.807) is 19.1 Å². The van der Waals surface area contributed by atoms with Crippen molar-refractivity contribution in [3.8, 4) is 0 Å². The van der Waals surface area contributed by atoms with Gasteiger partial charge in [0.1, 0.15) is 18.1 Å². The maximum atomic E-state index is 11.5. The number of aryl methyl sites for hydroxylation is 1. The second-order valence-electron chi connectivity index (χ2n) is 2.40. The molecule has 0 amide bonds. The molecule has 0 unspecified atom stereocenters. The Morgan fingerprint density at radius 1 is 1.46 bits per heavy atom. The Kier molecular flexibility index (Phi) is 2.94. The third-order valence-corrected chi connectivity index (χ3v) is 1.20. The molecule has 74 valence electrons. The van der Waals surface area contributed by atoms with Gasteiger partial charge in [-0.3, -0.25) is 4.84 Å². The molecule has 0 spiro atoms. The van der Waals surface area contributed by atoms with Gasteiger partial charge >= 0.3 is 6.30 Å². The zero-order chi connectivity index (χ0) is 9.90. The Morgan fingerprint density at radius 2 is 2.15 bits per heavy atom. The first-order valence-corrected chi connectivity index (χ1v) is 3.48. The van der Waals surface area contributed by atoms with E-state index >= 15 is 0 Å². The lowest BCUT2D eigenvalue weighted by Crippen LogP contribution is -2.31. The summed E-state index contributed by atoms with van der Waals surface area (Å²) in [5, 5.41) is 0. The lowest BCUT2D eigenvalue weighted by Gasteiger charge is -2.06. The monoisotopic (exact) mass is 195 g/mol. The van der Waals surface area contributed by atoms with Crippen molar-refractivity contribution in [2.75, 3.05) is 0 Å². The Hall–Kier alpha value is -1.01. The summed E-state index contributed by atoms with van der Waals surface area (Å²) >= 11 is 0. The van der Waals surface area contributed by atoms with Crippen LogP contribution in [0.5, 0.6) is 0 Å². The molecule has 0 radical (unpaired) electrons. The maximum absolute atomic E-state index is 11.5. The number of nitrogens with one attached hydrogen (secondary N) is 1. The second-order valence-corrected chi connectivity index (χ2v) is 2.40. The van der Waals surface area contributed by atoms with Crippen molar-refractivity contribution < 1.29 is 22.4 Å². The molecule has 0 saturated carbocycles. The number of halogens is 3. The highest BCUT2D eigenvalue weighted by molar-refractivity contribution is 5.04. The molecule has 3 nitrogen and oxygen atoms in total. The van der Waals surface area contributed by atoms with E-state index in [1.807, 2.05) is 0 Å². The third-order valence-electron chi connectivity index (χ3n) is 1.20. The molecule has 0 atom stereocenters. The lowest BCUT2D eigenvalue weighted by molar-refractivity contribution is -0.243. The van der Waals surface area contributed by atoms with Crippen LogP contribution in [0.1, 0.15) is 11.5 Å². The van der Waals surface area contributed by atoms with Crippen molar-refractivity contribution in [2.24, 2.45) is 0 Å². The van der Waals surface area contributed by atoms with Gasteiger partial charge in [0.2, 0.25) is 0 Å². The van der Waals surface area contributed by atoms with Gasteiger partial charge in [-0.05, 0) is 19.1 Å². The van der Waals surface area contributed by atoms with E-state index in [9.17, 15) is 13.2 Å². The number of hydrogen-bond acceptors (Lipinski definition) is 3. The summed E-state index contributed by atoms with van der Waals surface area (Å²) in [5.74, 6) is 0.972.